The molecule has 2 aromatic heterocycles. The maximum absolute atomic E-state index is 12.0. The summed E-state index contributed by atoms with van der Waals surface area (Å²) < 4.78 is 0. The lowest BCUT2D eigenvalue weighted by Crippen LogP contribution is -2.27. The Bertz CT molecular complexity index is 643. The molecule has 0 aliphatic carbocycles. The minimum absolute atomic E-state index is 0.0191. The molecule has 7 heteroatoms. The fourth-order valence-corrected chi connectivity index (χ4v) is 1.66. The molecule has 0 aliphatic heterocycles. The van der Waals surface area contributed by atoms with Crippen molar-refractivity contribution in [2.45, 2.75) is 26.7 Å². The molecule has 0 radical (unpaired) electrons. The normalized spacial score (nSPS) is 10.7. The summed E-state index contributed by atoms with van der Waals surface area (Å²) in [5.41, 5.74) is 0.493. The average Bonchev–Trinajstić information content (AvgIpc) is 2.80. The summed E-state index contributed by atoms with van der Waals surface area (Å²) in [6.45, 7) is 5.48. The van der Waals surface area contributed by atoms with Crippen LogP contribution >= 0.6 is 0 Å². The topological polar surface area (TPSA) is 104 Å². The van der Waals surface area contributed by atoms with Crippen molar-refractivity contribution < 1.29 is 4.79 Å². The average molecular weight is 261 g/mol. The van der Waals surface area contributed by atoms with Gasteiger partial charge in [-0.15, -0.1) is 0 Å². The third-order valence-electron chi connectivity index (χ3n) is 2.65. The Kier molecular flexibility index (Phi) is 3.46. The summed E-state index contributed by atoms with van der Waals surface area (Å²) in [5, 5.41) is 8.86. The zero-order chi connectivity index (χ0) is 14.0. The molecular formula is C12H15N5O2. The number of H-pyrrole nitrogens is 2. The Balaban J connectivity index is 2.35. The maximum atomic E-state index is 12.0. The minimum atomic E-state index is -0.497. The van der Waals surface area contributed by atoms with E-state index in [9.17, 15) is 9.59 Å². The summed E-state index contributed by atoms with van der Waals surface area (Å²) in [6, 6.07) is 0. The highest BCUT2D eigenvalue weighted by Gasteiger charge is 2.17. The number of hydrogen-bond acceptors (Lipinski definition) is 4. The van der Waals surface area contributed by atoms with Crippen LogP contribution in [0.2, 0.25) is 0 Å². The van der Waals surface area contributed by atoms with E-state index in [1.54, 1.807) is 6.92 Å². The van der Waals surface area contributed by atoms with E-state index < -0.39 is 11.5 Å². The van der Waals surface area contributed by atoms with Crippen LogP contribution in [0.25, 0.3) is 0 Å². The Labute approximate surface area is 109 Å². The number of nitrogens with zero attached hydrogens (tertiary/aromatic N) is 2. The fraction of sp³-hybridized carbons (Fsp3) is 0.333. The van der Waals surface area contributed by atoms with Crippen LogP contribution in [0.3, 0.4) is 0 Å². The van der Waals surface area contributed by atoms with Gasteiger partial charge < -0.3 is 10.3 Å². The van der Waals surface area contributed by atoms with Gasteiger partial charge in [-0.1, -0.05) is 13.8 Å². The molecule has 100 valence electrons. The molecule has 0 aromatic carbocycles. The second-order valence-corrected chi connectivity index (χ2v) is 4.51. The number of rotatable bonds is 3. The van der Waals surface area contributed by atoms with E-state index in [1.165, 1.54) is 12.4 Å². The van der Waals surface area contributed by atoms with Gasteiger partial charge in [0.05, 0.1) is 17.6 Å². The van der Waals surface area contributed by atoms with Crippen molar-refractivity contribution >= 4 is 11.6 Å². The molecule has 0 aliphatic rings. The van der Waals surface area contributed by atoms with Crippen LogP contribution in [0.15, 0.2) is 17.2 Å². The monoisotopic (exact) mass is 261 g/mol. The Morgan fingerprint density at radius 3 is 2.68 bits per heavy atom. The quantitative estimate of drug-likeness (QED) is 0.771. The largest absolute Gasteiger partial charge is 0.319 e. The lowest BCUT2D eigenvalue weighted by Gasteiger charge is -2.08. The summed E-state index contributed by atoms with van der Waals surface area (Å²) in [5.74, 6) is 0.169. The molecule has 0 spiro atoms. The molecular weight excluding hydrogens is 246 g/mol. The zero-order valence-corrected chi connectivity index (χ0v) is 10.9. The van der Waals surface area contributed by atoms with Gasteiger partial charge in [0.15, 0.2) is 0 Å². The van der Waals surface area contributed by atoms with Crippen molar-refractivity contribution in [2.75, 3.05) is 5.32 Å². The zero-order valence-electron chi connectivity index (χ0n) is 10.9. The summed E-state index contributed by atoms with van der Waals surface area (Å²) in [7, 11) is 0. The SMILES string of the molecule is Cc1nc(C(C)C)[nH]c(=O)c1C(=O)Nc1cn[nH]c1. The van der Waals surface area contributed by atoms with Gasteiger partial charge in [0.1, 0.15) is 11.4 Å². The maximum Gasteiger partial charge on any atom is 0.264 e. The molecule has 2 aromatic rings. The number of aryl methyl sites for hydroxylation is 1. The van der Waals surface area contributed by atoms with Crippen LogP contribution in [-0.2, 0) is 0 Å². The van der Waals surface area contributed by atoms with Gasteiger partial charge in [-0.25, -0.2) is 4.98 Å². The molecule has 2 heterocycles. The molecule has 0 saturated heterocycles. The van der Waals surface area contributed by atoms with Crippen LogP contribution in [0, 0.1) is 6.92 Å². The Morgan fingerprint density at radius 1 is 1.42 bits per heavy atom. The second kappa shape index (κ2) is 5.05. The molecule has 2 rings (SSSR count). The molecule has 3 N–H and O–H groups in total. The first-order valence-electron chi connectivity index (χ1n) is 5.90. The van der Waals surface area contributed by atoms with E-state index in [0.29, 0.717) is 17.2 Å². The third-order valence-corrected chi connectivity index (χ3v) is 2.65. The first-order chi connectivity index (χ1) is 8.99. The van der Waals surface area contributed by atoms with E-state index in [2.05, 4.69) is 25.5 Å². The lowest BCUT2D eigenvalue weighted by atomic mass is 10.1. The number of nitrogens with one attached hydrogen (secondary N) is 3. The smallest absolute Gasteiger partial charge is 0.264 e. The molecule has 0 unspecified atom stereocenters. The molecule has 0 atom stereocenters. The molecule has 7 nitrogen and oxygen atoms in total. The van der Waals surface area contributed by atoms with Gasteiger partial charge in [0.25, 0.3) is 11.5 Å². The third kappa shape index (κ3) is 2.70. The second-order valence-electron chi connectivity index (χ2n) is 4.51. The van der Waals surface area contributed by atoms with Crippen LogP contribution in [0.1, 0.15) is 41.6 Å². The summed E-state index contributed by atoms with van der Waals surface area (Å²) in [4.78, 5) is 30.8. The number of hydrogen-bond donors (Lipinski definition) is 3. The summed E-state index contributed by atoms with van der Waals surface area (Å²) >= 11 is 0. The van der Waals surface area contributed by atoms with Crippen molar-refractivity contribution in [3.63, 3.8) is 0 Å². The van der Waals surface area contributed by atoms with Gasteiger partial charge >= 0.3 is 0 Å². The van der Waals surface area contributed by atoms with E-state index in [4.69, 9.17) is 0 Å². The van der Waals surface area contributed by atoms with Gasteiger partial charge in [-0.3, -0.25) is 14.7 Å². The highest BCUT2D eigenvalue weighted by Crippen LogP contribution is 2.10. The van der Waals surface area contributed by atoms with Crippen molar-refractivity contribution in [3.05, 3.63) is 39.8 Å². The predicted octanol–water partition coefficient (Wildman–Crippen LogP) is 1.18. The predicted molar refractivity (Wildman–Crippen MR) is 70.2 cm³/mol. The molecule has 1 amide bonds. The van der Waals surface area contributed by atoms with E-state index >= 15 is 0 Å². The molecule has 0 saturated carbocycles. The number of carbonyl (C=O) groups is 1. The lowest BCUT2D eigenvalue weighted by molar-refractivity contribution is 0.102. The van der Waals surface area contributed by atoms with E-state index in [-0.39, 0.29) is 11.5 Å². The highest BCUT2D eigenvalue weighted by atomic mass is 16.2. The minimum Gasteiger partial charge on any atom is -0.319 e. The number of carbonyl (C=O) groups excluding carboxylic acids is 1. The van der Waals surface area contributed by atoms with E-state index in [1.807, 2.05) is 13.8 Å². The molecule has 19 heavy (non-hydrogen) atoms. The van der Waals surface area contributed by atoms with Crippen molar-refractivity contribution in [1.82, 2.24) is 20.2 Å². The van der Waals surface area contributed by atoms with Gasteiger partial charge in [-0.05, 0) is 6.92 Å². The van der Waals surface area contributed by atoms with Crippen LogP contribution < -0.4 is 10.9 Å². The van der Waals surface area contributed by atoms with Crippen LogP contribution in [-0.4, -0.2) is 26.1 Å². The van der Waals surface area contributed by atoms with Gasteiger partial charge in [0, 0.05) is 12.1 Å². The summed E-state index contributed by atoms with van der Waals surface area (Å²) in [6.07, 6.45) is 2.98. The number of aromatic amines is 2. The fourth-order valence-electron chi connectivity index (χ4n) is 1.66. The van der Waals surface area contributed by atoms with Crippen molar-refractivity contribution in [3.8, 4) is 0 Å². The standard InChI is InChI=1S/C12H15N5O2/c1-6(2)10-15-7(3)9(12(19)17-10)11(18)16-8-4-13-14-5-8/h4-6H,1-3H3,(H,13,14)(H,16,18)(H,15,17,19). The Morgan fingerprint density at radius 2 is 2.16 bits per heavy atom. The van der Waals surface area contributed by atoms with Gasteiger partial charge in [-0.2, -0.15) is 5.10 Å². The van der Waals surface area contributed by atoms with E-state index in [0.717, 1.165) is 0 Å². The van der Waals surface area contributed by atoms with Crippen LogP contribution in [0.4, 0.5) is 5.69 Å². The molecule has 0 bridgehead atoms. The number of amides is 1. The van der Waals surface area contributed by atoms with Gasteiger partial charge in [0.2, 0.25) is 0 Å². The first kappa shape index (κ1) is 13.0. The first-order valence-corrected chi connectivity index (χ1v) is 5.90. The van der Waals surface area contributed by atoms with Crippen molar-refractivity contribution in [2.24, 2.45) is 0 Å². The Hall–Kier alpha value is -2.44. The highest BCUT2D eigenvalue weighted by molar-refractivity contribution is 6.04. The number of aromatic nitrogens is 4. The van der Waals surface area contributed by atoms with Crippen LogP contribution in [0.5, 0.6) is 0 Å². The molecule has 0 fully saturated rings. The van der Waals surface area contributed by atoms with Crippen molar-refractivity contribution in [1.29, 1.82) is 0 Å². The number of anilines is 1.